The van der Waals surface area contributed by atoms with Gasteiger partial charge in [0.15, 0.2) is 0 Å². The Balaban J connectivity index is 1.73. The molecule has 0 saturated heterocycles. The number of hydrogen-bond acceptors (Lipinski definition) is 5. The standard InChI is InChI=1S/C22H27N3O4/c1-6-28-18-10-15-9-17-16(13(2)20(26)24(17)5)11-22(15,4)14(3)19(18)29-21(27)25-8-7-23-12-25/h7-10,12,14,18-19H,6,11H2,1-5H3/t14-,18+,19+,22+/m0/s1. The number of imidazole rings is 1. The van der Waals surface area contributed by atoms with Crippen LogP contribution >= 0.6 is 0 Å². The average Bonchev–Trinajstić information content (AvgIpc) is 3.30. The second kappa shape index (κ2) is 6.99. The van der Waals surface area contributed by atoms with Crippen molar-refractivity contribution in [2.24, 2.45) is 11.3 Å². The number of carbonyl (C=O) groups is 2. The Bertz CT molecular complexity index is 943. The number of ether oxygens (including phenoxy) is 2. The minimum Gasteiger partial charge on any atom is -0.442 e. The SMILES string of the molecule is CCO[C@@H]1C=C2C=C3C(=C(C)C(=O)N3C)C[C@]2(C)[C@@H](C)[C@H]1OC(=O)n1ccnc1. The van der Waals surface area contributed by atoms with Crippen LogP contribution in [0.3, 0.4) is 0 Å². The Kier molecular flexibility index (Phi) is 4.73. The van der Waals surface area contributed by atoms with E-state index in [4.69, 9.17) is 9.47 Å². The lowest BCUT2D eigenvalue weighted by molar-refractivity contribution is -0.123. The van der Waals surface area contributed by atoms with Crippen LogP contribution in [-0.2, 0) is 14.3 Å². The van der Waals surface area contributed by atoms with Crippen LogP contribution < -0.4 is 0 Å². The summed E-state index contributed by atoms with van der Waals surface area (Å²) in [5.41, 5.74) is 3.71. The Labute approximate surface area is 170 Å². The summed E-state index contributed by atoms with van der Waals surface area (Å²) in [6, 6.07) is 0. The quantitative estimate of drug-likeness (QED) is 0.782. The lowest BCUT2D eigenvalue weighted by Crippen LogP contribution is -2.50. The Morgan fingerprint density at radius 3 is 2.83 bits per heavy atom. The van der Waals surface area contributed by atoms with E-state index in [9.17, 15) is 9.59 Å². The van der Waals surface area contributed by atoms with E-state index < -0.39 is 12.2 Å². The van der Waals surface area contributed by atoms with Crippen molar-refractivity contribution in [3.63, 3.8) is 0 Å². The summed E-state index contributed by atoms with van der Waals surface area (Å²) in [5.74, 6) is 0.0387. The van der Waals surface area contributed by atoms with E-state index in [0.717, 1.165) is 28.8 Å². The molecule has 0 fully saturated rings. The maximum Gasteiger partial charge on any atom is 0.419 e. The number of hydrogen-bond donors (Lipinski definition) is 0. The molecule has 2 aliphatic carbocycles. The number of amides is 1. The van der Waals surface area contributed by atoms with Gasteiger partial charge in [0.2, 0.25) is 0 Å². The van der Waals surface area contributed by atoms with Crippen LogP contribution in [0.5, 0.6) is 0 Å². The molecule has 0 unspecified atom stereocenters. The van der Waals surface area contributed by atoms with Crippen LogP contribution in [0.15, 0.2) is 53.3 Å². The molecule has 7 nitrogen and oxygen atoms in total. The van der Waals surface area contributed by atoms with Crippen molar-refractivity contribution in [3.8, 4) is 0 Å². The maximum atomic E-state index is 12.6. The van der Waals surface area contributed by atoms with Gasteiger partial charge in [0, 0.05) is 48.7 Å². The van der Waals surface area contributed by atoms with E-state index in [0.29, 0.717) is 6.61 Å². The first-order valence-electron chi connectivity index (χ1n) is 10.0. The van der Waals surface area contributed by atoms with Gasteiger partial charge in [-0.15, -0.1) is 0 Å². The zero-order chi connectivity index (χ0) is 20.9. The minimum absolute atomic E-state index is 0.00868. The lowest BCUT2D eigenvalue weighted by atomic mass is 9.59. The molecule has 1 aromatic rings. The van der Waals surface area contributed by atoms with Crippen LogP contribution in [0, 0.1) is 11.3 Å². The second-order valence-corrected chi connectivity index (χ2v) is 8.24. The van der Waals surface area contributed by atoms with Crippen molar-refractivity contribution in [2.45, 2.75) is 46.3 Å². The molecule has 1 aromatic heterocycles. The minimum atomic E-state index is -0.470. The zero-order valence-electron chi connectivity index (χ0n) is 17.5. The van der Waals surface area contributed by atoms with Crippen LogP contribution in [-0.4, -0.2) is 52.3 Å². The predicted octanol–water partition coefficient (Wildman–Crippen LogP) is 3.30. The molecule has 1 aliphatic heterocycles. The van der Waals surface area contributed by atoms with E-state index >= 15 is 0 Å². The number of nitrogens with zero attached hydrogens (tertiary/aromatic N) is 3. The van der Waals surface area contributed by atoms with Gasteiger partial charge in [-0.3, -0.25) is 4.79 Å². The maximum absolute atomic E-state index is 12.6. The van der Waals surface area contributed by atoms with Crippen LogP contribution in [0.2, 0.25) is 0 Å². The Morgan fingerprint density at radius 1 is 1.41 bits per heavy atom. The smallest absolute Gasteiger partial charge is 0.419 e. The fourth-order valence-corrected chi connectivity index (χ4v) is 4.70. The largest absolute Gasteiger partial charge is 0.442 e. The fraction of sp³-hybridized carbons (Fsp3) is 0.500. The molecule has 3 aliphatic rings. The summed E-state index contributed by atoms with van der Waals surface area (Å²) in [5, 5.41) is 0. The molecule has 29 heavy (non-hydrogen) atoms. The summed E-state index contributed by atoms with van der Waals surface area (Å²) in [7, 11) is 1.82. The van der Waals surface area contributed by atoms with Gasteiger partial charge in [0.25, 0.3) is 5.91 Å². The van der Waals surface area contributed by atoms with E-state index in [-0.39, 0.29) is 23.3 Å². The molecule has 154 valence electrons. The van der Waals surface area contributed by atoms with Crippen molar-refractivity contribution in [1.29, 1.82) is 0 Å². The summed E-state index contributed by atoms with van der Waals surface area (Å²) in [6.07, 6.45) is 8.17. The highest BCUT2D eigenvalue weighted by Crippen LogP contribution is 2.54. The van der Waals surface area contributed by atoms with Gasteiger partial charge in [0.05, 0.1) is 0 Å². The molecule has 0 N–H and O–H groups in total. The molecule has 0 bridgehead atoms. The Hall–Kier alpha value is -2.67. The van der Waals surface area contributed by atoms with Crippen molar-refractivity contribution in [3.05, 3.63) is 53.3 Å². The van der Waals surface area contributed by atoms with Crippen LogP contribution in [0.25, 0.3) is 0 Å². The third kappa shape index (κ3) is 2.95. The highest BCUT2D eigenvalue weighted by Gasteiger charge is 2.51. The van der Waals surface area contributed by atoms with Crippen molar-refractivity contribution < 1.29 is 19.1 Å². The first-order chi connectivity index (χ1) is 13.8. The lowest BCUT2D eigenvalue weighted by Gasteiger charge is -2.48. The summed E-state index contributed by atoms with van der Waals surface area (Å²) in [4.78, 5) is 30.7. The van der Waals surface area contributed by atoms with Gasteiger partial charge in [-0.1, -0.05) is 13.8 Å². The molecule has 7 heteroatoms. The van der Waals surface area contributed by atoms with E-state index in [2.05, 4.69) is 31.0 Å². The van der Waals surface area contributed by atoms with Gasteiger partial charge >= 0.3 is 6.09 Å². The van der Waals surface area contributed by atoms with Gasteiger partial charge in [0.1, 0.15) is 18.5 Å². The number of carbonyl (C=O) groups excluding carboxylic acids is 2. The van der Waals surface area contributed by atoms with Gasteiger partial charge in [-0.25, -0.2) is 14.3 Å². The molecule has 0 saturated carbocycles. The normalized spacial score (nSPS) is 31.3. The molecular weight excluding hydrogens is 370 g/mol. The zero-order valence-corrected chi connectivity index (χ0v) is 17.5. The molecule has 0 spiro atoms. The first kappa shape index (κ1) is 19.6. The van der Waals surface area contributed by atoms with E-state index in [1.807, 2.05) is 20.9 Å². The van der Waals surface area contributed by atoms with Gasteiger partial charge in [-0.2, -0.15) is 0 Å². The third-order valence-electron chi connectivity index (χ3n) is 6.72. The molecule has 2 heterocycles. The van der Waals surface area contributed by atoms with Crippen molar-refractivity contribution in [2.75, 3.05) is 13.7 Å². The fourth-order valence-electron chi connectivity index (χ4n) is 4.70. The topological polar surface area (TPSA) is 73.7 Å². The van der Waals surface area contributed by atoms with E-state index in [1.54, 1.807) is 17.3 Å². The highest BCUT2D eigenvalue weighted by atomic mass is 16.6. The summed E-state index contributed by atoms with van der Waals surface area (Å²) >= 11 is 0. The molecule has 0 aromatic carbocycles. The van der Waals surface area contributed by atoms with Crippen molar-refractivity contribution in [1.82, 2.24) is 14.5 Å². The van der Waals surface area contributed by atoms with Crippen molar-refractivity contribution >= 4 is 12.0 Å². The summed E-state index contributed by atoms with van der Waals surface area (Å²) < 4.78 is 13.2. The number of likely N-dealkylation sites (N-methyl/N-ethyl adjacent to an activating group) is 1. The predicted molar refractivity (Wildman–Crippen MR) is 107 cm³/mol. The highest BCUT2D eigenvalue weighted by molar-refractivity contribution is 6.00. The Morgan fingerprint density at radius 2 is 2.17 bits per heavy atom. The van der Waals surface area contributed by atoms with Gasteiger partial charge < -0.3 is 14.4 Å². The number of aromatic nitrogens is 2. The molecule has 1 amide bonds. The average molecular weight is 397 g/mol. The molecule has 4 rings (SSSR count). The molecule has 4 atom stereocenters. The van der Waals surface area contributed by atoms with Crippen LogP contribution in [0.1, 0.15) is 34.1 Å². The number of fused-ring (bicyclic) bond motifs is 2. The van der Waals surface area contributed by atoms with Crippen LogP contribution in [0.4, 0.5) is 4.79 Å². The molecular formula is C22H27N3O4. The molecule has 0 radical (unpaired) electrons. The second-order valence-electron chi connectivity index (χ2n) is 8.24. The third-order valence-corrected chi connectivity index (χ3v) is 6.72. The van der Waals surface area contributed by atoms with E-state index in [1.165, 1.54) is 10.9 Å². The number of allylic oxidation sites excluding steroid dienone is 3. The van der Waals surface area contributed by atoms with Gasteiger partial charge in [-0.05, 0) is 43.6 Å². The first-order valence-corrected chi connectivity index (χ1v) is 10.0. The monoisotopic (exact) mass is 397 g/mol. The summed E-state index contributed by atoms with van der Waals surface area (Å²) in [6.45, 7) is 8.61. The number of rotatable bonds is 3.